The standard InChI is InChI=1S/C20H26FNO2/c1-19-7-5-14-12(13(19)3-4-16(19)24)9-11(10-21)17-18(22)15(23)6-8-20(14,17)2/h10,12-14,17,22H,3-9H2,1-2H3/t12-,13-,14-,17?,19-,20+/m0/s1. The second kappa shape index (κ2) is 5.09. The van der Waals surface area contributed by atoms with Gasteiger partial charge in [0.1, 0.15) is 5.78 Å². The van der Waals surface area contributed by atoms with Crippen molar-refractivity contribution in [2.45, 2.75) is 58.8 Å². The van der Waals surface area contributed by atoms with Crippen LogP contribution in [0.15, 0.2) is 11.9 Å². The van der Waals surface area contributed by atoms with E-state index in [1.54, 1.807) is 0 Å². The summed E-state index contributed by atoms with van der Waals surface area (Å²) in [5, 5.41) is 8.29. The summed E-state index contributed by atoms with van der Waals surface area (Å²) in [6.07, 6.45) is 5.90. The third-order valence-electron chi connectivity index (χ3n) is 8.11. The van der Waals surface area contributed by atoms with Crippen molar-refractivity contribution in [3.63, 3.8) is 0 Å². The lowest BCUT2D eigenvalue weighted by atomic mass is 9.44. The Balaban J connectivity index is 1.77. The molecule has 0 aromatic heterocycles. The molecule has 4 fully saturated rings. The summed E-state index contributed by atoms with van der Waals surface area (Å²) in [6, 6.07) is 0. The molecule has 0 aliphatic heterocycles. The number of allylic oxidation sites excluding steroid dienone is 1. The molecule has 0 bridgehead atoms. The second-order valence-corrected chi connectivity index (χ2v) is 8.96. The summed E-state index contributed by atoms with van der Waals surface area (Å²) in [5.41, 5.74) is 0.296. The minimum atomic E-state index is -0.355. The number of hydrogen-bond donors (Lipinski definition) is 1. The van der Waals surface area contributed by atoms with Crippen LogP contribution in [0.2, 0.25) is 0 Å². The maximum atomic E-state index is 13.8. The molecule has 4 aliphatic carbocycles. The summed E-state index contributed by atoms with van der Waals surface area (Å²) in [6.45, 7) is 4.28. The van der Waals surface area contributed by atoms with E-state index in [0.29, 0.717) is 54.7 Å². The molecule has 4 rings (SSSR count). The fourth-order valence-electron chi connectivity index (χ4n) is 6.82. The van der Waals surface area contributed by atoms with Gasteiger partial charge < -0.3 is 5.41 Å². The Kier molecular flexibility index (Phi) is 3.43. The van der Waals surface area contributed by atoms with E-state index in [1.807, 2.05) is 0 Å². The largest absolute Gasteiger partial charge is 0.301 e. The fourth-order valence-corrected chi connectivity index (χ4v) is 6.82. The highest BCUT2D eigenvalue weighted by molar-refractivity contribution is 6.40. The number of rotatable bonds is 0. The van der Waals surface area contributed by atoms with Crippen LogP contribution in [0.5, 0.6) is 0 Å². The zero-order valence-electron chi connectivity index (χ0n) is 14.5. The summed E-state index contributed by atoms with van der Waals surface area (Å²) >= 11 is 0. The second-order valence-electron chi connectivity index (χ2n) is 8.96. The number of carbonyl (C=O) groups excluding carboxylic acids is 2. The van der Waals surface area contributed by atoms with E-state index in [1.165, 1.54) is 0 Å². The van der Waals surface area contributed by atoms with Crippen LogP contribution in [0.4, 0.5) is 4.39 Å². The predicted molar refractivity (Wildman–Crippen MR) is 89.4 cm³/mol. The lowest BCUT2D eigenvalue weighted by Crippen LogP contribution is -2.57. The third kappa shape index (κ3) is 1.86. The van der Waals surface area contributed by atoms with Crippen LogP contribution in [-0.4, -0.2) is 17.3 Å². The highest BCUT2D eigenvalue weighted by Crippen LogP contribution is 2.65. The normalized spacial score (nSPS) is 49.8. The van der Waals surface area contributed by atoms with E-state index in [4.69, 9.17) is 5.41 Å². The minimum absolute atomic E-state index is 0.113. The molecule has 4 saturated carbocycles. The molecule has 1 unspecified atom stereocenters. The molecule has 4 aliphatic rings. The van der Waals surface area contributed by atoms with Crippen molar-refractivity contribution in [1.82, 2.24) is 0 Å². The van der Waals surface area contributed by atoms with Crippen molar-refractivity contribution >= 4 is 17.3 Å². The van der Waals surface area contributed by atoms with E-state index >= 15 is 0 Å². The topological polar surface area (TPSA) is 58.0 Å². The van der Waals surface area contributed by atoms with Gasteiger partial charge in [0.15, 0.2) is 5.78 Å². The zero-order valence-corrected chi connectivity index (χ0v) is 14.5. The Hall–Kier alpha value is -1.32. The van der Waals surface area contributed by atoms with Crippen molar-refractivity contribution < 1.29 is 14.0 Å². The molecule has 0 amide bonds. The molecule has 4 heteroatoms. The van der Waals surface area contributed by atoms with Gasteiger partial charge in [0.25, 0.3) is 0 Å². The first-order chi connectivity index (χ1) is 11.3. The van der Waals surface area contributed by atoms with Crippen molar-refractivity contribution in [3.8, 4) is 0 Å². The van der Waals surface area contributed by atoms with Gasteiger partial charge in [0.2, 0.25) is 0 Å². The summed E-state index contributed by atoms with van der Waals surface area (Å²) < 4.78 is 13.8. The first-order valence-corrected chi connectivity index (χ1v) is 9.27. The Morgan fingerprint density at radius 3 is 2.58 bits per heavy atom. The Labute approximate surface area is 142 Å². The number of carbonyl (C=O) groups is 2. The molecule has 130 valence electrons. The molecule has 1 N–H and O–H groups in total. The van der Waals surface area contributed by atoms with Crippen molar-refractivity contribution in [2.24, 2.45) is 34.5 Å². The van der Waals surface area contributed by atoms with Gasteiger partial charge in [0, 0.05) is 24.2 Å². The summed E-state index contributed by atoms with van der Waals surface area (Å²) in [7, 11) is 0. The van der Waals surface area contributed by atoms with Crippen LogP contribution in [0, 0.1) is 39.9 Å². The van der Waals surface area contributed by atoms with E-state index in [2.05, 4.69) is 13.8 Å². The highest BCUT2D eigenvalue weighted by Gasteiger charge is 2.62. The van der Waals surface area contributed by atoms with Crippen molar-refractivity contribution in [2.75, 3.05) is 0 Å². The van der Waals surface area contributed by atoms with E-state index in [9.17, 15) is 14.0 Å². The Bertz CT molecular complexity index is 669. The monoisotopic (exact) mass is 331 g/mol. The molecule has 0 aromatic carbocycles. The molecular formula is C20H26FNO2. The maximum absolute atomic E-state index is 13.8. The van der Waals surface area contributed by atoms with Crippen LogP contribution in [0.1, 0.15) is 58.8 Å². The quantitative estimate of drug-likeness (QED) is 0.721. The molecular weight excluding hydrogens is 305 g/mol. The number of fused-ring (bicyclic) bond motifs is 5. The van der Waals surface area contributed by atoms with Crippen LogP contribution in [-0.2, 0) is 9.59 Å². The first-order valence-electron chi connectivity index (χ1n) is 9.27. The zero-order chi connectivity index (χ0) is 17.3. The van der Waals surface area contributed by atoms with Gasteiger partial charge in [-0.15, -0.1) is 0 Å². The SMILES string of the molecule is C[C@]12CCC(=O)C(=N)C1C(=CF)C[C@@H]1[C@@H]2CC[C@]2(C)C(=O)CC[C@@H]12. The fraction of sp³-hybridized carbons (Fsp3) is 0.750. The Morgan fingerprint density at radius 2 is 1.88 bits per heavy atom. The van der Waals surface area contributed by atoms with Gasteiger partial charge in [-0.2, -0.15) is 0 Å². The molecule has 0 saturated heterocycles. The van der Waals surface area contributed by atoms with Gasteiger partial charge in [0.05, 0.1) is 12.0 Å². The number of hydrogen-bond acceptors (Lipinski definition) is 3. The smallest absolute Gasteiger partial charge is 0.176 e. The maximum Gasteiger partial charge on any atom is 0.176 e. The molecule has 0 radical (unpaired) electrons. The van der Waals surface area contributed by atoms with E-state index in [0.717, 1.165) is 25.7 Å². The third-order valence-corrected chi connectivity index (χ3v) is 8.11. The van der Waals surface area contributed by atoms with Crippen molar-refractivity contribution in [3.05, 3.63) is 11.9 Å². The number of halogens is 1. The molecule has 3 nitrogen and oxygen atoms in total. The number of Topliss-reactive ketones (excluding diaryl/α,β-unsaturated/α-hetero) is 2. The van der Waals surface area contributed by atoms with Crippen LogP contribution in [0.25, 0.3) is 0 Å². The minimum Gasteiger partial charge on any atom is -0.301 e. The van der Waals surface area contributed by atoms with Crippen LogP contribution >= 0.6 is 0 Å². The van der Waals surface area contributed by atoms with Gasteiger partial charge >= 0.3 is 0 Å². The summed E-state index contributed by atoms with van der Waals surface area (Å²) in [5.74, 6) is 0.959. The first kappa shape index (κ1) is 16.2. The van der Waals surface area contributed by atoms with Gasteiger partial charge in [-0.3, -0.25) is 9.59 Å². The van der Waals surface area contributed by atoms with Crippen LogP contribution < -0.4 is 0 Å². The van der Waals surface area contributed by atoms with Crippen LogP contribution in [0.3, 0.4) is 0 Å². The molecule has 6 atom stereocenters. The Morgan fingerprint density at radius 1 is 1.12 bits per heavy atom. The van der Waals surface area contributed by atoms with Gasteiger partial charge in [-0.1, -0.05) is 13.8 Å². The molecule has 0 aromatic rings. The molecule has 0 heterocycles. The average Bonchev–Trinajstić information content (AvgIpc) is 2.86. The highest BCUT2D eigenvalue weighted by atomic mass is 19.1. The van der Waals surface area contributed by atoms with E-state index < -0.39 is 0 Å². The van der Waals surface area contributed by atoms with Gasteiger partial charge in [-0.05, 0) is 60.8 Å². The summed E-state index contributed by atoms with van der Waals surface area (Å²) in [4.78, 5) is 24.5. The average molecular weight is 331 g/mol. The molecule has 0 spiro atoms. The van der Waals surface area contributed by atoms with E-state index in [-0.39, 0.29) is 28.2 Å². The molecule has 24 heavy (non-hydrogen) atoms. The number of ketones is 2. The lowest BCUT2D eigenvalue weighted by Gasteiger charge is -2.59. The predicted octanol–water partition coefficient (Wildman–Crippen LogP) is 4.26. The van der Waals surface area contributed by atoms with Crippen molar-refractivity contribution in [1.29, 1.82) is 5.41 Å². The number of nitrogens with one attached hydrogen (secondary N) is 1. The van der Waals surface area contributed by atoms with Gasteiger partial charge in [-0.25, -0.2) is 4.39 Å². The lowest BCUT2D eigenvalue weighted by molar-refractivity contribution is -0.134.